The number of amides is 1. The number of carbonyl (C=O) groups is 1. The van der Waals surface area contributed by atoms with Gasteiger partial charge in [0, 0.05) is 11.4 Å². The molecule has 1 atom stereocenters. The largest absolute Gasteiger partial charge is 0.374 e. The average molecular weight is 322 g/mol. The summed E-state index contributed by atoms with van der Waals surface area (Å²) in [6, 6.07) is 18.1. The maximum Gasteiger partial charge on any atom is 0.246 e. The first-order valence-corrected chi connectivity index (χ1v) is 7.85. The number of rotatable bonds is 4. The zero-order valence-electron chi connectivity index (χ0n) is 13.6. The van der Waals surface area contributed by atoms with Crippen LogP contribution < -0.4 is 10.6 Å². The van der Waals surface area contributed by atoms with E-state index in [1.54, 1.807) is 26.0 Å². The number of halogens is 1. The zero-order chi connectivity index (χ0) is 17.1. The van der Waals surface area contributed by atoms with Gasteiger partial charge in [-0.25, -0.2) is 4.39 Å². The van der Waals surface area contributed by atoms with Crippen molar-refractivity contribution in [2.45, 2.75) is 19.9 Å². The van der Waals surface area contributed by atoms with Crippen molar-refractivity contribution in [2.75, 3.05) is 10.6 Å². The van der Waals surface area contributed by atoms with E-state index in [4.69, 9.17) is 0 Å². The highest BCUT2D eigenvalue weighted by molar-refractivity contribution is 5.98. The fourth-order valence-corrected chi connectivity index (χ4v) is 2.52. The summed E-state index contributed by atoms with van der Waals surface area (Å²) < 4.78 is 13.6. The van der Waals surface area contributed by atoms with Crippen molar-refractivity contribution in [3.8, 4) is 0 Å². The predicted molar refractivity (Wildman–Crippen MR) is 96.8 cm³/mol. The van der Waals surface area contributed by atoms with Gasteiger partial charge in [-0.05, 0) is 54.4 Å². The molecule has 0 saturated carbocycles. The Hall–Kier alpha value is -2.88. The van der Waals surface area contributed by atoms with Crippen molar-refractivity contribution in [3.05, 3.63) is 72.0 Å². The van der Waals surface area contributed by atoms with Crippen LogP contribution in [0.1, 0.15) is 12.5 Å². The van der Waals surface area contributed by atoms with Gasteiger partial charge in [-0.1, -0.05) is 36.4 Å². The number of hydrogen-bond donors (Lipinski definition) is 2. The number of hydrogen-bond acceptors (Lipinski definition) is 2. The molecule has 2 N–H and O–H groups in total. The molecular formula is C20H19FN2O. The van der Waals surface area contributed by atoms with Crippen molar-refractivity contribution >= 4 is 28.1 Å². The lowest BCUT2D eigenvalue weighted by molar-refractivity contribution is -0.116. The summed E-state index contributed by atoms with van der Waals surface area (Å²) in [7, 11) is 0. The maximum absolute atomic E-state index is 13.6. The monoisotopic (exact) mass is 322 g/mol. The second-order valence-corrected chi connectivity index (χ2v) is 5.88. The minimum absolute atomic E-state index is 0.175. The molecule has 0 fully saturated rings. The van der Waals surface area contributed by atoms with Gasteiger partial charge in [0.1, 0.15) is 11.9 Å². The van der Waals surface area contributed by atoms with Gasteiger partial charge in [0.05, 0.1) is 0 Å². The Labute approximate surface area is 140 Å². The molecular weight excluding hydrogens is 303 g/mol. The summed E-state index contributed by atoms with van der Waals surface area (Å²) in [5.74, 6) is -0.464. The standard InChI is InChI=1S/C20H19FN2O/c1-13-7-9-18(12-19(13)21)22-14(2)20(24)23-17-10-8-15-5-3-4-6-16(15)11-17/h3-12,14,22H,1-2H3,(H,23,24). The molecule has 3 nitrogen and oxygen atoms in total. The molecule has 1 unspecified atom stereocenters. The molecule has 0 heterocycles. The minimum atomic E-state index is -0.487. The first kappa shape index (κ1) is 16.0. The normalized spacial score (nSPS) is 12.0. The van der Waals surface area contributed by atoms with Crippen LogP contribution in [-0.2, 0) is 4.79 Å². The third-order valence-corrected chi connectivity index (χ3v) is 3.97. The zero-order valence-corrected chi connectivity index (χ0v) is 13.6. The summed E-state index contributed by atoms with van der Waals surface area (Å²) in [6.07, 6.45) is 0. The van der Waals surface area contributed by atoms with Gasteiger partial charge in [-0.15, -0.1) is 0 Å². The smallest absolute Gasteiger partial charge is 0.246 e. The molecule has 0 aromatic heterocycles. The molecule has 3 aromatic rings. The lowest BCUT2D eigenvalue weighted by atomic mass is 10.1. The highest BCUT2D eigenvalue weighted by Crippen LogP contribution is 2.19. The van der Waals surface area contributed by atoms with E-state index in [0.717, 1.165) is 16.5 Å². The van der Waals surface area contributed by atoms with Gasteiger partial charge < -0.3 is 10.6 Å². The topological polar surface area (TPSA) is 41.1 Å². The van der Waals surface area contributed by atoms with Gasteiger partial charge in [0.25, 0.3) is 0 Å². The maximum atomic E-state index is 13.6. The Morgan fingerprint density at radius 3 is 2.42 bits per heavy atom. The van der Waals surface area contributed by atoms with Crippen LogP contribution in [0.15, 0.2) is 60.7 Å². The summed E-state index contributed by atoms with van der Waals surface area (Å²) in [5, 5.41) is 8.09. The third-order valence-electron chi connectivity index (χ3n) is 3.97. The Kier molecular flexibility index (Phi) is 4.47. The second-order valence-electron chi connectivity index (χ2n) is 5.88. The van der Waals surface area contributed by atoms with Crippen molar-refractivity contribution in [3.63, 3.8) is 0 Å². The molecule has 24 heavy (non-hydrogen) atoms. The fourth-order valence-electron chi connectivity index (χ4n) is 2.52. The Morgan fingerprint density at radius 1 is 0.958 bits per heavy atom. The van der Waals surface area contributed by atoms with E-state index in [1.165, 1.54) is 6.07 Å². The minimum Gasteiger partial charge on any atom is -0.374 e. The Morgan fingerprint density at radius 2 is 1.67 bits per heavy atom. The van der Waals surface area contributed by atoms with E-state index in [-0.39, 0.29) is 11.7 Å². The van der Waals surface area contributed by atoms with Crippen LogP contribution in [-0.4, -0.2) is 11.9 Å². The fraction of sp³-hybridized carbons (Fsp3) is 0.150. The summed E-state index contributed by atoms with van der Waals surface area (Å²) >= 11 is 0. The number of aryl methyl sites for hydroxylation is 1. The van der Waals surface area contributed by atoms with E-state index in [0.29, 0.717) is 11.3 Å². The molecule has 0 saturated heterocycles. The van der Waals surface area contributed by atoms with E-state index in [9.17, 15) is 9.18 Å². The third kappa shape index (κ3) is 3.54. The highest BCUT2D eigenvalue weighted by Gasteiger charge is 2.13. The van der Waals surface area contributed by atoms with Crippen LogP contribution in [0.5, 0.6) is 0 Å². The van der Waals surface area contributed by atoms with Crippen molar-refractivity contribution in [1.82, 2.24) is 0 Å². The first-order chi connectivity index (χ1) is 11.5. The quantitative estimate of drug-likeness (QED) is 0.729. The van der Waals surface area contributed by atoms with Crippen LogP contribution in [0.4, 0.5) is 15.8 Å². The molecule has 4 heteroatoms. The number of nitrogens with one attached hydrogen (secondary N) is 2. The van der Waals surface area contributed by atoms with Crippen LogP contribution >= 0.6 is 0 Å². The molecule has 0 bridgehead atoms. The molecule has 0 aliphatic heterocycles. The average Bonchev–Trinajstić information content (AvgIpc) is 2.58. The number of benzene rings is 3. The van der Waals surface area contributed by atoms with Crippen LogP contribution in [0, 0.1) is 12.7 Å². The van der Waals surface area contributed by atoms with E-state index in [2.05, 4.69) is 10.6 Å². The van der Waals surface area contributed by atoms with Crippen molar-refractivity contribution in [1.29, 1.82) is 0 Å². The molecule has 0 radical (unpaired) electrons. The SMILES string of the molecule is Cc1ccc(NC(C)C(=O)Nc2ccc3ccccc3c2)cc1F. The van der Waals surface area contributed by atoms with Gasteiger partial charge in [-0.2, -0.15) is 0 Å². The Balaban J connectivity index is 1.69. The number of fused-ring (bicyclic) bond motifs is 1. The van der Waals surface area contributed by atoms with Gasteiger partial charge in [0.2, 0.25) is 5.91 Å². The molecule has 3 rings (SSSR count). The summed E-state index contributed by atoms with van der Waals surface area (Å²) in [6.45, 7) is 3.45. The van der Waals surface area contributed by atoms with E-state index in [1.807, 2.05) is 42.5 Å². The second kappa shape index (κ2) is 6.71. The molecule has 3 aromatic carbocycles. The lowest BCUT2D eigenvalue weighted by Crippen LogP contribution is -2.31. The van der Waals surface area contributed by atoms with Gasteiger partial charge in [0.15, 0.2) is 0 Å². The molecule has 0 spiro atoms. The first-order valence-electron chi connectivity index (χ1n) is 7.85. The van der Waals surface area contributed by atoms with Crippen LogP contribution in [0.2, 0.25) is 0 Å². The van der Waals surface area contributed by atoms with E-state index >= 15 is 0 Å². The molecule has 122 valence electrons. The lowest BCUT2D eigenvalue weighted by Gasteiger charge is -2.16. The van der Waals surface area contributed by atoms with Crippen molar-refractivity contribution < 1.29 is 9.18 Å². The summed E-state index contributed by atoms with van der Waals surface area (Å²) in [5.41, 5.74) is 1.90. The number of anilines is 2. The Bertz CT molecular complexity index is 892. The molecule has 0 aliphatic rings. The van der Waals surface area contributed by atoms with E-state index < -0.39 is 6.04 Å². The van der Waals surface area contributed by atoms with Crippen LogP contribution in [0.3, 0.4) is 0 Å². The molecule has 0 aliphatic carbocycles. The van der Waals surface area contributed by atoms with Crippen molar-refractivity contribution in [2.24, 2.45) is 0 Å². The predicted octanol–water partition coefficient (Wildman–Crippen LogP) is 4.73. The van der Waals surface area contributed by atoms with Crippen LogP contribution in [0.25, 0.3) is 10.8 Å². The molecule has 1 amide bonds. The number of carbonyl (C=O) groups excluding carboxylic acids is 1. The highest BCUT2D eigenvalue weighted by atomic mass is 19.1. The van der Waals surface area contributed by atoms with Gasteiger partial charge in [-0.3, -0.25) is 4.79 Å². The van der Waals surface area contributed by atoms with Gasteiger partial charge >= 0.3 is 0 Å². The summed E-state index contributed by atoms with van der Waals surface area (Å²) in [4.78, 5) is 12.3.